The van der Waals surface area contributed by atoms with Crippen LogP contribution in [0.15, 0.2) is 34.2 Å². The van der Waals surface area contributed by atoms with Crippen LogP contribution < -0.4 is 10.3 Å². The number of hydrogen-bond donors (Lipinski definition) is 0. The molecule has 0 radical (unpaired) electrons. The number of hydrogen-bond acceptors (Lipinski definition) is 5. The summed E-state index contributed by atoms with van der Waals surface area (Å²) in [6.45, 7) is 6.90. The molecule has 132 valence electrons. The molecule has 0 amide bonds. The van der Waals surface area contributed by atoms with Gasteiger partial charge in [0.2, 0.25) is 0 Å². The number of nitrogens with zero attached hydrogens (tertiary/aromatic N) is 2. The molecule has 0 aliphatic rings. The minimum Gasteiger partial charge on any atom is -0.493 e. The van der Waals surface area contributed by atoms with Crippen LogP contribution in [0.2, 0.25) is 0 Å². The Morgan fingerprint density at radius 2 is 2.16 bits per heavy atom. The van der Waals surface area contributed by atoms with Crippen molar-refractivity contribution < 1.29 is 9.13 Å². The van der Waals surface area contributed by atoms with Gasteiger partial charge in [0, 0.05) is 23.2 Å². The van der Waals surface area contributed by atoms with E-state index in [-0.39, 0.29) is 11.4 Å². The minimum atomic E-state index is -0.319. The Morgan fingerprint density at radius 1 is 1.36 bits per heavy atom. The summed E-state index contributed by atoms with van der Waals surface area (Å²) in [7, 11) is 0. The van der Waals surface area contributed by atoms with Crippen LogP contribution in [0.25, 0.3) is 10.2 Å². The monoisotopic (exact) mass is 378 g/mol. The standard InChI is InChI=1S/C18H19FN2O2S2/c1-4-21-17(22)15-11(2)12(3)25-16(15)20-18(21)24-9-8-23-14-7-5-6-13(19)10-14/h5-7,10H,4,8-9H2,1-3H3. The molecular formula is C18H19FN2O2S2. The molecule has 0 saturated heterocycles. The summed E-state index contributed by atoms with van der Waals surface area (Å²) in [5.74, 6) is 0.805. The molecule has 1 aromatic carbocycles. The highest BCUT2D eigenvalue weighted by Crippen LogP contribution is 2.28. The fourth-order valence-electron chi connectivity index (χ4n) is 2.55. The van der Waals surface area contributed by atoms with Gasteiger partial charge in [-0.3, -0.25) is 9.36 Å². The van der Waals surface area contributed by atoms with Gasteiger partial charge in [0.15, 0.2) is 5.16 Å². The molecular weight excluding hydrogens is 359 g/mol. The van der Waals surface area contributed by atoms with E-state index in [1.54, 1.807) is 28.0 Å². The van der Waals surface area contributed by atoms with E-state index in [0.717, 1.165) is 20.7 Å². The summed E-state index contributed by atoms with van der Waals surface area (Å²) in [6.07, 6.45) is 0. The number of halogens is 1. The topological polar surface area (TPSA) is 44.1 Å². The van der Waals surface area contributed by atoms with Gasteiger partial charge in [-0.1, -0.05) is 17.8 Å². The van der Waals surface area contributed by atoms with Gasteiger partial charge >= 0.3 is 0 Å². The molecule has 2 heterocycles. The Hall–Kier alpha value is -1.86. The lowest BCUT2D eigenvalue weighted by atomic mass is 10.2. The minimum absolute atomic E-state index is 0.0166. The third kappa shape index (κ3) is 3.72. The molecule has 0 atom stereocenters. The molecule has 3 rings (SSSR count). The summed E-state index contributed by atoms with van der Waals surface area (Å²) in [5, 5.41) is 1.42. The zero-order chi connectivity index (χ0) is 18.0. The van der Waals surface area contributed by atoms with E-state index in [2.05, 4.69) is 4.98 Å². The van der Waals surface area contributed by atoms with E-state index in [1.165, 1.54) is 23.9 Å². The van der Waals surface area contributed by atoms with Crippen LogP contribution in [0.3, 0.4) is 0 Å². The first-order chi connectivity index (χ1) is 12.0. The highest BCUT2D eigenvalue weighted by atomic mass is 32.2. The van der Waals surface area contributed by atoms with Crippen LogP contribution in [-0.4, -0.2) is 21.9 Å². The summed E-state index contributed by atoms with van der Waals surface area (Å²) in [5.41, 5.74) is 1.04. The zero-order valence-corrected chi connectivity index (χ0v) is 16.0. The third-order valence-corrected chi connectivity index (χ3v) is 5.99. The number of benzene rings is 1. The van der Waals surface area contributed by atoms with Gasteiger partial charge in [-0.05, 0) is 38.5 Å². The number of thioether (sulfide) groups is 1. The van der Waals surface area contributed by atoms with Crippen LogP contribution in [-0.2, 0) is 6.54 Å². The van der Waals surface area contributed by atoms with Gasteiger partial charge in [0.25, 0.3) is 5.56 Å². The number of ether oxygens (including phenoxy) is 1. The van der Waals surface area contributed by atoms with Crippen molar-refractivity contribution in [2.45, 2.75) is 32.5 Å². The summed E-state index contributed by atoms with van der Waals surface area (Å²) < 4.78 is 20.4. The van der Waals surface area contributed by atoms with Gasteiger partial charge < -0.3 is 4.74 Å². The Bertz CT molecular complexity index is 966. The lowest BCUT2D eigenvalue weighted by Gasteiger charge is -2.10. The molecule has 0 N–H and O–H groups in total. The van der Waals surface area contributed by atoms with E-state index in [9.17, 15) is 9.18 Å². The second-order valence-electron chi connectivity index (χ2n) is 5.56. The first kappa shape index (κ1) is 17.9. The molecule has 7 heteroatoms. The van der Waals surface area contributed by atoms with Crippen LogP contribution in [0.1, 0.15) is 17.4 Å². The molecule has 4 nitrogen and oxygen atoms in total. The predicted octanol–water partition coefficient (Wildman–Crippen LogP) is 4.40. The lowest BCUT2D eigenvalue weighted by molar-refractivity contribution is 0.341. The van der Waals surface area contributed by atoms with Crippen molar-refractivity contribution in [2.75, 3.05) is 12.4 Å². The van der Waals surface area contributed by atoms with E-state index in [0.29, 0.717) is 29.8 Å². The number of aryl methyl sites for hydroxylation is 2. The molecule has 0 bridgehead atoms. The number of aromatic nitrogens is 2. The average Bonchev–Trinajstić information content (AvgIpc) is 2.86. The second kappa shape index (κ2) is 7.58. The largest absolute Gasteiger partial charge is 0.493 e. The first-order valence-electron chi connectivity index (χ1n) is 8.03. The zero-order valence-electron chi connectivity index (χ0n) is 14.3. The maximum absolute atomic E-state index is 13.1. The van der Waals surface area contributed by atoms with Crippen molar-refractivity contribution >= 4 is 33.3 Å². The molecule has 3 aromatic rings. The van der Waals surface area contributed by atoms with Crippen molar-refractivity contribution in [3.63, 3.8) is 0 Å². The Morgan fingerprint density at radius 3 is 2.88 bits per heavy atom. The summed E-state index contributed by atoms with van der Waals surface area (Å²) >= 11 is 3.03. The highest BCUT2D eigenvalue weighted by molar-refractivity contribution is 7.99. The summed E-state index contributed by atoms with van der Waals surface area (Å²) in [4.78, 5) is 19.3. The van der Waals surface area contributed by atoms with Gasteiger partial charge in [0.1, 0.15) is 16.4 Å². The Balaban J connectivity index is 1.76. The number of rotatable bonds is 6. The average molecular weight is 378 g/mol. The highest BCUT2D eigenvalue weighted by Gasteiger charge is 2.15. The maximum atomic E-state index is 13.1. The quantitative estimate of drug-likeness (QED) is 0.362. The van der Waals surface area contributed by atoms with Gasteiger partial charge in [-0.25, -0.2) is 9.37 Å². The lowest BCUT2D eigenvalue weighted by Crippen LogP contribution is -2.22. The van der Waals surface area contributed by atoms with Crippen molar-refractivity contribution in [1.82, 2.24) is 9.55 Å². The van der Waals surface area contributed by atoms with Crippen LogP contribution in [0, 0.1) is 19.7 Å². The number of fused-ring (bicyclic) bond motifs is 1. The Labute approximate surface area is 153 Å². The van der Waals surface area contributed by atoms with Crippen molar-refractivity contribution in [1.29, 1.82) is 0 Å². The molecule has 2 aromatic heterocycles. The van der Waals surface area contributed by atoms with Crippen molar-refractivity contribution in [2.24, 2.45) is 0 Å². The van der Waals surface area contributed by atoms with Crippen LogP contribution in [0.4, 0.5) is 4.39 Å². The Kier molecular flexibility index (Phi) is 5.44. The molecule has 0 aliphatic heterocycles. The van der Waals surface area contributed by atoms with E-state index in [4.69, 9.17) is 4.74 Å². The van der Waals surface area contributed by atoms with E-state index < -0.39 is 0 Å². The molecule has 0 unspecified atom stereocenters. The smallest absolute Gasteiger partial charge is 0.263 e. The maximum Gasteiger partial charge on any atom is 0.263 e. The first-order valence-corrected chi connectivity index (χ1v) is 9.83. The van der Waals surface area contributed by atoms with Crippen LogP contribution in [0.5, 0.6) is 5.75 Å². The van der Waals surface area contributed by atoms with E-state index in [1.807, 2.05) is 20.8 Å². The molecule has 0 saturated carbocycles. The van der Waals surface area contributed by atoms with Crippen LogP contribution >= 0.6 is 23.1 Å². The molecule has 25 heavy (non-hydrogen) atoms. The normalized spacial score (nSPS) is 11.2. The van der Waals surface area contributed by atoms with E-state index >= 15 is 0 Å². The number of thiophene rings is 1. The van der Waals surface area contributed by atoms with Gasteiger partial charge in [0.05, 0.1) is 12.0 Å². The van der Waals surface area contributed by atoms with Gasteiger partial charge in [-0.15, -0.1) is 11.3 Å². The SMILES string of the molecule is CCn1c(SCCOc2cccc(F)c2)nc2sc(C)c(C)c2c1=O. The second-order valence-corrected chi connectivity index (χ2v) is 7.83. The fourth-order valence-corrected chi connectivity index (χ4v) is 4.50. The molecule has 0 spiro atoms. The molecule has 0 aliphatic carbocycles. The predicted molar refractivity (Wildman–Crippen MR) is 102 cm³/mol. The van der Waals surface area contributed by atoms with Crippen molar-refractivity contribution in [3.8, 4) is 5.75 Å². The third-order valence-electron chi connectivity index (χ3n) is 3.95. The van der Waals surface area contributed by atoms with Gasteiger partial charge in [-0.2, -0.15) is 0 Å². The van der Waals surface area contributed by atoms with Crippen molar-refractivity contribution in [3.05, 3.63) is 50.9 Å². The molecule has 0 fully saturated rings. The summed E-state index contributed by atoms with van der Waals surface area (Å²) in [6, 6.07) is 6.07. The fraction of sp³-hybridized carbons (Fsp3) is 0.333.